The van der Waals surface area contributed by atoms with Gasteiger partial charge in [0.1, 0.15) is 5.69 Å². The van der Waals surface area contributed by atoms with E-state index in [0.717, 1.165) is 17.0 Å². The third kappa shape index (κ3) is 1.23. The minimum atomic E-state index is 0.811. The molecule has 0 aromatic heterocycles. The van der Waals surface area contributed by atoms with Crippen LogP contribution in [-0.4, -0.2) is 6.21 Å². The van der Waals surface area contributed by atoms with Gasteiger partial charge in [-0.05, 0) is 19.1 Å². The lowest BCUT2D eigenvalue weighted by atomic mass is 10.3. The van der Waals surface area contributed by atoms with Crippen LogP contribution in [0.3, 0.4) is 0 Å². The molecule has 0 unspecified atom stereocenters. The molecule has 1 heterocycles. The van der Waals surface area contributed by atoms with Gasteiger partial charge in [-0.15, -0.1) is 0 Å². The van der Waals surface area contributed by atoms with Crippen LogP contribution in [0.1, 0.15) is 6.92 Å². The smallest absolute Gasteiger partial charge is 0.152 e. The molecule has 1 aromatic carbocycles. The molecule has 2 rings (SSSR count). The summed E-state index contributed by atoms with van der Waals surface area (Å²) in [4.78, 5) is 4.25. The average Bonchev–Trinajstić information content (AvgIpc) is 2.29. The van der Waals surface area contributed by atoms with Gasteiger partial charge in [0.2, 0.25) is 0 Å². The first-order valence-electron chi connectivity index (χ1n) is 3.83. The second kappa shape index (κ2) is 2.81. The van der Waals surface area contributed by atoms with E-state index >= 15 is 0 Å². The molecule has 12 heavy (non-hydrogen) atoms. The molecule has 2 nitrogen and oxygen atoms in total. The van der Waals surface area contributed by atoms with Crippen molar-refractivity contribution in [2.75, 3.05) is 0 Å². The fourth-order valence-electron chi connectivity index (χ4n) is 1.02. The summed E-state index contributed by atoms with van der Waals surface area (Å²) in [6, 6.07) is 7.71. The first-order valence-corrected chi connectivity index (χ1v) is 3.83. The van der Waals surface area contributed by atoms with Gasteiger partial charge in [-0.2, -0.15) is 0 Å². The Morgan fingerprint density at radius 3 is 3.00 bits per heavy atom. The van der Waals surface area contributed by atoms with Gasteiger partial charge in [0, 0.05) is 11.8 Å². The molecule has 60 valence electrons. The minimum Gasteiger partial charge on any atom is -0.462 e. The van der Waals surface area contributed by atoms with E-state index in [1.807, 2.05) is 31.2 Å². The highest BCUT2D eigenvalue weighted by molar-refractivity contribution is 5.81. The number of allylic oxidation sites excluding steroid dienone is 1. The van der Waals surface area contributed by atoms with E-state index in [2.05, 4.69) is 4.99 Å². The molecule has 0 N–H and O–H groups in total. The van der Waals surface area contributed by atoms with Gasteiger partial charge >= 0.3 is 0 Å². The maximum Gasteiger partial charge on any atom is 0.152 e. The Labute approximate surface area is 71.2 Å². The highest BCUT2D eigenvalue weighted by Crippen LogP contribution is 2.28. The number of hydrogen-bond acceptors (Lipinski definition) is 2. The predicted molar refractivity (Wildman–Crippen MR) is 49.0 cm³/mol. The van der Waals surface area contributed by atoms with Gasteiger partial charge in [0.25, 0.3) is 0 Å². The Kier molecular flexibility index (Phi) is 1.67. The molecule has 0 radical (unpaired) electrons. The van der Waals surface area contributed by atoms with Crippen molar-refractivity contribution in [1.29, 1.82) is 0 Å². The normalized spacial score (nSPS) is 14.2. The van der Waals surface area contributed by atoms with Crippen LogP contribution in [-0.2, 0) is 0 Å². The summed E-state index contributed by atoms with van der Waals surface area (Å²) < 4.78 is 5.37. The van der Waals surface area contributed by atoms with E-state index < -0.39 is 0 Å². The molecule has 0 atom stereocenters. The Hall–Kier alpha value is -1.57. The number of nitrogens with zero attached hydrogens (tertiary/aromatic N) is 1. The number of rotatable bonds is 0. The average molecular weight is 159 g/mol. The third-order valence-corrected chi connectivity index (χ3v) is 1.64. The topological polar surface area (TPSA) is 21.6 Å². The van der Waals surface area contributed by atoms with Crippen molar-refractivity contribution in [1.82, 2.24) is 0 Å². The van der Waals surface area contributed by atoms with Gasteiger partial charge in [-0.25, -0.2) is 0 Å². The van der Waals surface area contributed by atoms with Crippen molar-refractivity contribution in [3.8, 4) is 5.75 Å². The van der Waals surface area contributed by atoms with E-state index in [1.165, 1.54) is 0 Å². The second-order valence-corrected chi connectivity index (χ2v) is 2.71. The van der Waals surface area contributed by atoms with Crippen LogP contribution >= 0.6 is 0 Å². The molecular weight excluding hydrogens is 150 g/mol. The molecule has 0 saturated heterocycles. The van der Waals surface area contributed by atoms with E-state index in [-0.39, 0.29) is 0 Å². The lowest BCUT2D eigenvalue weighted by Gasteiger charge is -2.00. The molecule has 1 aromatic rings. The zero-order valence-corrected chi connectivity index (χ0v) is 6.82. The van der Waals surface area contributed by atoms with Gasteiger partial charge in [-0.1, -0.05) is 12.1 Å². The van der Waals surface area contributed by atoms with Crippen LogP contribution < -0.4 is 4.74 Å². The highest BCUT2D eigenvalue weighted by Gasteiger charge is 2.01. The molecule has 1 aliphatic rings. The van der Waals surface area contributed by atoms with Gasteiger partial charge < -0.3 is 4.74 Å². The van der Waals surface area contributed by atoms with Crippen LogP contribution in [0.4, 0.5) is 5.69 Å². The summed E-state index contributed by atoms with van der Waals surface area (Å²) in [5.74, 6) is 0.811. The van der Waals surface area contributed by atoms with Gasteiger partial charge in [0.05, 0.1) is 6.26 Å². The summed E-state index contributed by atoms with van der Waals surface area (Å²) in [6.07, 6.45) is 3.50. The quantitative estimate of drug-likeness (QED) is 0.570. The molecule has 1 aliphatic heterocycles. The standard InChI is InChI=1S/C10H9NO/c1-8-6-11-9-4-2-3-5-10(9)12-7-8/h2-7H,1H3. The fraction of sp³-hybridized carbons (Fsp3) is 0.100. The van der Waals surface area contributed by atoms with Crippen LogP contribution in [0.5, 0.6) is 5.75 Å². The lowest BCUT2D eigenvalue weighted by molar-refractivity contribution is 0.481. The van der Waals surface area contributed by atoms with Crippen LogP contribution in [0.2, 0.25) is 0 Å². The van der Waals surface area contributed by atoms with Gasteiger partial charge in [0.15, 0.2) is 5.75 Å². The number of hydrogen-bond donors (Lipinski definition) is 0. The van der Waals surface area contributed by atoms with E-state index in [4.69, 9.17) is 4.74 Å². The van der Waals surface area contributed by atoms with Crippen molar-refractivity contribution >= 4 is 11.9 Å². The maximum absolute atomic E-state index is 5.37. The molecule has 0 saturated carbocycles. The van der Waals surface area contributed by atoms with E-state index in [9.17, 15) is 0 Å². The Balaban J connectivity index is 2.48. The molecule has 0 aliphatic carbocycles. The van der Waals surface area contributed by atoms with Crippen molar-refractivity contribution < 1.29 is 4.74 Å². The maximum atomic E-state index is 5.37. The number of para-hydroxylation sites is 2. The molecule has 0 amide bonds. The van der Waals surface area contributed by atoms with Crippen LogP contribution in [0, 0.1) is 0 Å². The van der Waals surface area contributed by atoms with Gasteiger partial charge in [-0.3, -0.25) is 4.99 Å². The number of benzene rings is 1. The monoisotopic (exact) mass is 159 g/mol. The molecule has 2 heteroatoms. The summed E-state index contributed by atoms with van der Waals surface area (Å²) in [6.45, 7) is 1.95. The Morgan fingerprint density at radius 2 is 2.08 bits per heavy atom. The second-order valence-electron chi connectivity index (χ2n) is 2.71. The van der Waals surface area contributed by atoms with E-state index in [1.54, 1.807) is 12.5 Å². The zero-order valence-electron chi connectivity index (χ0n) is 6.82. The molecule has 0 fully saturated rings. The Bertz CT molecular complexity index is 353. The van der Waals surface area contributed by atoms with Crippen molar-refractivity contribution in [3.05, 3.63) is 36.1 Å². The first kappa shape index (κ1) is 7.10. The largest absolute Gasteiger partial charge is 0.462 e. The number of aliphatic imine (C=N–C) groups is 1. The van der Waals surface area contributed by atoms with Crippen molar-refractivity contribution in [3.63, 3.8) is 0 Å². The number of ether oxygens (including phenoxy) is 1. The first-order chi connectivity index (χ1) is 5.86. The van der Waals surface area contributed by atoms with Crippen LogP contribution in [0.15, 0.2) is 41.1 Å². The van der Waals surface area contributed by atoms with Crippen molar-refractivity contribution in [2.24, 2.45) is 4.99 Å². The summed E-state index contributed by atoms with van der Waals surface area (Å²) in [5.41, 5.74) is 1.90. The predicted octanol–water partition coefficient (Wildman–Crippen LogP) is 2.69. The highest BCUT2D eigenvalue weighted by atomic mass is 16.5. The van der Waals surface area contributed by atoms with Crippen LogP contribution in [0.25, 0.3) is 0 Å². The third-order valence-electron chi connectivity index (χ3n) is 1.64. The summed E-state index contributed by atoms with van der Waals surface area (Å²) in [5, 5.41) is 0. The van der Waals surface area contributed by atoms with E-state index in [0.29, 0.717) is 0 Å². The SMILES string of the molecule is CC1=COc2ccccc2N=C1. The summed E-state index contributed by atoms with van der Waals surface area (Å²) >= 11 is 0. The zero-order chi connectivity index (χ0) is 8.39. The molecule has 0 spiro atoms. The molecular formula is C10H9NO. The lowest BCUT2D eigenvalue weighted by Crippen LogP contribution is -1.81. The molecule has 0 bridgehead atoms. The Morgan fingerprint density at radius 1 is 1.25 bits per heavy atom. The van der Waals surface area contributed by atoms with Crippen molar-refractivity contribution in [2.45, 2.75) is 6.92 Å². The number of fused-ring (bicyclic) bond motifs is 1. The summed E-state index contributed by atoms with van der Waals surface area (Å²) in [7, 11) is 0. The fourth-order valence-corrected chi connectivity index (χ4v) is 1.02. The minimum absolute atomic E-state index is 0.811.